The Morgan fingerprint density at radius 1 is 1.24 bits per heavy atom. The molecule has 1 aromatic carbocycles. The second-order valence-electron chi connectivity index (χ2n) is 6.43. The molecule has 1 saturated heterocycles. The molecule has 1 aromatic rings. The smallest absolute Gasteiger partial charge is 0.321 e. The van der Waals surface area contributed by atoms with Crippen LogP contribution < -0.4 is 5.32 Å². The van der Waals surface area contributed by atoms with E-state index in [1.165, 1.54) is 25.7 Å². The largest absolute Gasteiger partial charge is 0.324 e. The fourth-order valence-electron chi connectivity index (χ4n) is 3.71. The van der Waals surface area contributed by atoms with Crippen LogP contribution in [0.1, 0.15) is 37.7 Å². The summed E-state index contributed by atoms with van der Waals surface area (Å²) in [4.78, 5) is 14.5. The molecular formula is C17H23ClN2O. The summed E-state index contributed by atoms with van der Waals surface area (Å²) < 4.78 is 0. The summed E-state index contributed by atoms with van der Waals surface area (Å²) in [7, 11) is 0. The van der Waals surface area contributed by atoms with Crippen molar-refractivity contribution < 1.29 is 4.79 Å². The van der Waals surface area contributed by atoms with E-state index in [1.54, 1.807) is 0 Å². The van der Waals surface area contributed by atoms with E-state index in [4.69, 9.17) is 11.6 Å². The van der Waals surface area contributed by atoms with Crippen LogP contribution in [0.3, 0.4) is 0 Å². The Morgan fingerprint density at radius 3 is 2.81 bits per heavy atom. The molecule has 0 bridgehead atoms. The molecule has 2 fully saturated rings. The van der Waals surface area contributed by atoms with E-state index < -0.39 is 0 Å². The summed E-state index contributed by atoms with van der Waals surface area (Å²) in [6.07, 6.45) is 6.49. The summed E-state index contributed by atoms with van der Waals surface area (Å²) in [6.45, 7) is 3.78. The van der Waals surface area contributed by atoms with Gasteiger partial charge in [-0.05, 0) is 49.3 Å². The summed E-state index contributed by atoms with van der Waals surface area (Å²) in [5.41, 5.74) is 1.86. The lowest BCUT2D eigenvalue weighted by molar-refractivity contribution is 0.108. The summed E-state index contributed by atoms with van der Waals surface area (Å²) in [5.74, 6) is 1.55. The second-order valence-corrected chi connectivity index (χ2v) is 6.87. The first-order valence-corrected chi connectivity index (χ1v) is 8.33. The van der Waals surface area contributed by atoms with Crippen LogP contribution in [0.15, 0.2) is 18.2 Å². The van der Waals surface area contributed by atoms with Gasteiger partial charge < -0.3 is 10.2 Å². The van der Waals surface area contributed by atoms with Crippen LogP contribution in [0.5, 0.6) is 0 Å². The number of nitrogens with zero attached hydrogens (tertiary/aromatic N) is 1. The van der Waals surface area contributed by atoms with Crippen LogP contribution >= 0.6 is 11.6 Å². The van der Waals surface area contributed by atoms with Crippen molar-refractivity contribution in [2.45, 2.75) is 39.0 Å². The van der Waals surface area contributed by atoms with Gasteiger partial charge in [-0.3, -0.25) is 0 Å². The van der Waals surface area contributed by atoms with E-state index in [-0.39, 0.29) is 6.03 Å². The van der Waals surface area contributed by atoms with Gasteiger partial charge in [-0.2, -0.15) is 0 Å². The van der Waals surface area contributed by atoms with Crippen molar-refractivity contribution in [2.24, 2.45) is 11.8 Å². The van der Waals surface area contributed by atoms with Gasteiger partial charge in [-0.1, -0.05) is 36.9 Å². The van der Waals surface area contributed by atoms with E-state index >= 15 is 0 Å². The van der Waals surface area contributed by atoms with Gasteiger partial charge in [-0.15, -0.1) is 0 Å². The standard InChI is InChI=1S/C17H23ClN2O/c1-12-6-7-15(18)10-16(12)19-17(21)20-9-8-13-4-2-3-5-14(13)11-20/h6-7,10,13-14H,2-5,8-9,11H2,1H3,(H,19,21)/t13-,14-/m1/s1. The SMILES string of the molecule is Cc1ccc(Cl)cc1NC(=O)N1CC[C@H]2CCCC[C@@H]2C1. The molecule has 1 N–H and O–H groups in total. The second kappa shape index (κ2) is 6.27. The van der Waals surface area contributed by atoms with Crippen molar-refractivity contribution in [3.63, 3.8) is 0 Å². The number of piperidine rings is 1. The van der Waals surface area contributed by atoms with Crippen molar-refractivity contribution in [3.05, 3.63) is 28.8 Å². The minimum atomic E-state index is 0.0180. The molecule has 114 valence electrons. The fourth-order valence-corrected chi connectivity index (χ4v) is 3.88. The van der Waals surface area contributed by atoms with Crippen LogP contribution in [0.25, 0.3) is 0 Å². The molecule has 3 rings (SSSR count). The van der Waals surface area contributed by atoms with E-state index in [9.17, 15) is 4.79 Å². The Labute approximate surface area is 131 Å². The molecule has 1 heterocycles. The number of halogens is 1. The number of aryl methyl sites for hydroxylation is 1. The van der Waals surface area contributed by atoms with Gasteiger partial charge in [-0.25, -0.2) is 4.79 Å². The zero-order valence-corrected chi connectivity index (χ0v) is 13.3. The highest BCUT2D eigenvalue weighted by Crippen LogP contribution is 2.36. The van der Waals surface area contributed by atoms with Crippen LogP contribution in [0, 0.1) is 18.8 Å². The van der Waals surface area contributed by atoms with Gasteiger partial charge in [0.2, 0.25) is 0 Å². The molecule has 1 aliphatic carbocycles. The van der Waals surface area contributed by atoms with Gasteiger partial charge >= 0.3 is 6.03 Å². The van der Waals surface area contributed by atoms with E-state index in [0.29, 0.717) is 10.9 Å². The average Bonchev–Trinajstić information content (AvgIpc) is 2.50. The van der Waals surface area contributed by atoms with Crippen LogP contribution in [0.4, 0.5) is 10.5 Å². The first kappa shape index (κ1) is 14.7. The molecule has 2 amide bonds. The number of nitrogens with one attached hydrogen (secondary N) is 1. The normalized spacial score (nSPS) is 25.3. The molecule has 0 unspecified atom stereocenters. The Morgan fingerprint density at radius 2 is 2.00 bits per heavy atom. The molecule has 0 aromatic heterocycles. The molecule has 0 spiro atoms. The fraction of sp³-hybridized carbons (Fsp3) is 0.588. The maximum Gasteiger partial charge on any atom is 0.321 e. The first-order valence-electron chi connectivity index (χ1n) is 7.95. The maximum absolute atomic E-state index is 12.5. The van der Waals surface area contributed by atoms with Crippen LogP contribution in [-0.2, 0) is 0 Å². The molecule has 2 aliphatic rings. The maximum atomic E-state index is 12.5. The highest BCUT2D eigenvalue weighted by atomic mass is 35.5. The Hall–Kier alpha value is -1.22. The predicted octanol–water partition coefficient (Wildman–Crippen LogP) is 4.69. The number of fused-ring (bicyclic) bond motifs is 1. The predicted molar refractivity (Wildman–Crippen MR) is 86.8 cm³/mol. The zero-order chi connectivity index (χ0) is 14.8. The average molecular weight is 307 g/mol. The minimum Gasteiger partial charge on any atom is -0.324 e. The third kappa shape index (κ3) is 3.34. The molecule has 2 atom stereocenters. The van der Waals surface area contributed by atoms with Crippen molar-refractivity contribution >= 4 is 23.3 Å². The molecule has 0 radical (unpaired) electrons. The molecular weight excluding hydrogens is 284 g/mol. The Kier molecular flexibility index (Phi) is 4.39. The van der Waals surface area contributed by atoms with E-state index in [2.05, 4.69) is 5.32 Å². The first-order chi connectivity index (χ1) is 10.1. The van der Waals surface area contributed by atoms with E-state index in [1.807, 2.05) is 30.0 Å². The highest BCUT2D eigenvalue weighted by Gasteiger charge is 2.32. The van der Waals surface area contributed by atoms with Crippen molar-refractivity contribution in [3.8, 4) is 0 Å². The molecule has 1 saturated carbocycles. The molecule has 1 aliphatic heterocycles. The summed E-state index contributed by atoms with van der Waals surface area (Å²) in [5, 5.41) is 3.67. The third-order valence-electron chi connectivity index (χ3n) is 5.02. The van der Waals surface area contributed by atoms with E-state index in [0.717, 1.165) is 36.7 Å². The topological polar surface area (TPSA) is 32.3 Å². The summed E-state index contributed by atoms with van der Waals surface area (Å²) >= 11 is 6.01. The van der Waals surface area contributed by atoms with Gasteiger partial charge in [0.25, 0.3) is 0 Å². The third-order valence-corrected chi connectivity index (χ3v) is 5.25. The van der Waals surface area contributed by atoms with Gasteiger partial charge in [0.1, 0.15) is 0 Å². The number of amides is 2. The van der Waals surface area contributed by atoms with Crippen LogP contribution in [-0.4, -0.2) is 24.0 Å². The van der Waals surface area contributed by atoms with Crippen molar-refractivity contribution in [1.29, 1.82) is 0 Å². The van der Waals surface area contributed by atoms with Crippen molar-refractivity contribution in [1.82, 2.24) is 4.90 Å². The monoisotopic (exact) mass is 306 g/mol. The number of carbonyl (C=O) groups excluding carboxylic acids is 1. The number of hydrogen-bond donors (Lipinski definition) is 1. The number of hydrogen-bond acceptors (Lipinski definition) is 1. The number of rotatable bonds is 1. The Bertz CT molecular complexity index is 532. The Balaban J connectivity index is 1.64. The van der Waals surface area contributed by atoms with Gasteiger partial charge in [0, 0.05) is 23.8 Å². The van der Waals surface area contributed by atoms with Crippen LogP contribution in [0.2, 0.25) is 5.02 Å². The lowest BCUT2D eigenvalue weighted by Crippen LogP contribution is -2.46. The minimum absolute atomic E-state index is 0.0180. The van der Waals surface area contributed by atoms with Gasteiger partial charge in [0.05, 0.1) is 0 Å². The summed E-state index contributed by atoms with van der Waals surface area (Å²) in [6, 6.07) is 5.62. The number of likely N-dealkylation sites (tertiary alicyclic amines) is 1. The molecule has 4 heteroatoms. The quantitative estimate of drug-likeness (QED) is 0.802. The lowest BCUT2D eigenvalue weighted by atomic mass is 9.75. The zero-order valence-electron chi connectivity index (χ0n) is 12.6. The highest BCUT2D eigenvalue weighted by molar-refractivity contribution is 6.31. The van der Waals surface area contributed by atoms with Crippen molar-refractivity contribution in [2.75, 3.05) is 18.4 Å². The number of urea groups is 1. The number of benzene rings is 1. The molecule has 3 nitrogen and oxygen atoms in total. The number of anilines is 1. The number of carbonyl (C=O) groups is 1. The van der Waals surface area contributed by atoms with Gasteiger partial charge in [0.15, 0.2) is 0 Å². The molecule has 21 heavy (non-hydrogen) atoms. The lowest BCUT2D eigenvalue weighted by Gasteiger charge is -2.41.